The Morgan fingerprint density at radius 2 is 1.83 bits per heavy atom. The molecule has 1 aromatic heterocycles. The average molecular weight is 496 g/mol. The second-order valence-corrected chi connectivity index (χ2v) is 13.2. The predicted molar refractivity (Wildman–Crippen MR) is 141 cm³/mol. The minimum Gasteiger partial charge on any atom is -0.431 e. The molecule has 4 aliphatic carbocycles. The van der Waals surface area contributed by atoms with Gasteiger partial charge in [-0.25, -0.2) is 9.59 Å². The minimum absolute atomic E-state index is 0.156. The fourth-order valence-corrected chi connectivity index (χ4v) is 9.82. The number of carbonyl (C=O) groups is 1. The molecule has 0 aromatic carbocycles. The molecule has 2 heterocycles. The van der Waals surface area contributed by atoms with Crippen molar-refractivity contribution in [3.05, 3.63) is 34.4 Å². The highest BCUT2D eigenvalue weighted by atomic mass is 16.4. The van der Waals surface area contributed by atoms with Crippen LogP contribution < -0.4 is 16.3 Å². The van der Waals surface area contributed by atoms with Gasteiger partial charge in [-0.05, 0) is 123 Å². The molecular weight excluding hydrogens is 450 g/mol. The lowest BCUT2D eigenvalue weighted by Gasteiger charge is -2.61. The highest BCUT2D eigenvalue weighted by Gasteiger charge is 2.60. The van der Waals surface area contributed by atoms with Gasteiger partial charge in [-0.15, -0.1) is 0 Å². The summed E-state index contributed by atoms with van der Waals surface area (Å²) in [5.41, 5.74) is 1.71. The Kier molecular flexibility index (Phi) is 6.46. The molecule has 6 heteroatoms. The van der Waals surface area contributed by atoms with Crippen molar-refractivity contribution in [3.63, 3.8) is 0 Å². The quantitative estimate of drug-likeness (QED) is 0.596. The van der Waals surface area contributed by atoms with Crippen LogP contribution in [0.1, 0.15) is 89.5 Å². The third-order valence-corrected chi connectivity index (χ3v) is 11.7. The highest BCUT2D eigenvalue weighted by molar-refractivity contribution is 5.74. The van der Waals surface area contributed by atoms with Gasteiger partial charge < -0.3 is 20.0 Å². The molecule has 36 heavy (non-hydrogen) atoms. The Bertz CT molecular complexity index is 996. The summed E-state index contributed by atoms with van der Waals surface area (Å²) in [6.07, 6.45) is 14.1. The fourth-order valence-electron chi connectivity index (χ4n) is 9.82. The molecule has 6 nitrogen and oxygen atoms in total. The van der Waals surface area contributed by atoms with E-state index in [1.165, 1.54) is 50.5 Å². The Balaban J connectivity index is 1.13. The molecule has 2 amide bonds. The Morgan fingerprint density at radius 3 is 2.67 bits per heavy atom. The number of fused-ring (bicyclic) bond motifs is 5. The van der Waals surface area contributed by atoms with E-state index >= 15 is 0 Å². The van der Waals surface area contributed by atoms with Crippen molar-refractivity contribution >= 4 is 6.03 Å². The zero-order chi connectivity index (χ0) is 24.9. The molecule has 0 spiro atoms. The van der Waals surface area contributed by atoms with Gasteiger partial charge >= 0.3 is 11.7 Å². The van der Waals surface area contributed by atoms with Crippen molar-refractivity contribution in [3.8, 4) is 0 Å². The van der Waals surface area contributed by atoms with Crippen LogP contribution in [0.25, 0.3) is 0 Å². The van der Waals surface area contributed by atoms with Crippen molar-refractivity contribution in [2.75, 3.05) is 26.2 Å². The summed E-state index contributed by atoms with van der Waals surface area (Å²) in [4.78, 5) is 26.5. The second-order valence-electron chi connectivity index (χ2n) is 13.2. The summed E-state index contributed by atoms with van der Waals surface area (Å²) >= 11 is 0. The van der Waals surface area contributed by atoms with Gasteiger partial charge in [0.25, 0.3) is 0 Å². The third-order valence-electron chi connectivity index (χ3n) is 11.7. The number of urea groups is 1. The topological polar surface area (TPSA) is 74.6 Å². The Hall–Kier alpha value is -1.82. The molecule has 0 bridgehead atoms. The second kappa shape index (κ2) is 9.49. The van der Waals surface area contributed by atoms with Gasteiger partial charge in [0.05, 0.1) is 6.26 Å². The van der Waals surface area contributed by atoms with Gasteiger partial charge in [-0.2, -0.15) is 0 Å². The molecule has 1 aliphatic heterocycles. The molecule has 4 saturated carbocycles. The maximum atomic E-state index is 13.0. The normalized spacial score (nSPS) is 42.6. The number of rotatable bonds is 2. The Labute approximate surface area is 216 Å². The molecule has 2 N–H and O–H groups in total. The molecule has 1 aromatic rings. The minimum atomic E-state index is -0.247. The summed E-state index contributed by atoms with van der Waals surface area (Å²) in [6.45, 7) is 8.75. The third kappa shape index (κ3) is 4.12. The molecule has 5 aliphatic rings. The standard InChI is InChI=1S/C30H45N3O3/c1-29-12-10-22(32-28(35)33-16-3-14-31-15-17-33)18-21(29)5-6-23-25-8-7-24(20-4-9-27(34)36-19-20)30(25,2)13-11-26(23)29/h4,9,19,21-26,31H,3,5-8,10-18H2,1-2H3,(H,32,35). The van der Waals surface area contributed by atoms with Gasteiger partial charge in [-0.1, -0.05) is 13.8 Å². The first-order chi connectivity index (χ1) is 17.4. The van der Waals surface area contributed by atoms with Crippen molar-refractivity contribution in [2.24, 2.45) is 34.5 Å². The summed E-state index contributed by atoms with van der Waals surface area (Å²) in [7, 11) is 0. The lowest BCUT2D eigenvalue weighted by atomic mass is 9.44. The van der Waals surface area contributed by atoms with E-state index in [9.17, 15) is 9.59 Å². The molecule has 8 unspecified atom stereocenters. The fraction of sp³-hybridized carbons (Fsp3) is 0.800. The molecule has 198 valence electrons. The van der Waals surface area contributed by atoms with Crippen molar-refractivity contribution in [1.82, 2.24) is 15.5 Å². The summed E-state index contributed by atoms with van der Waals surface area (Å²) in [5.74, 6) is 3.66. The van der Waals surface area contributed by atoms with Crippen LogP contribution in [0.15, 0.2) is 27.6 Å². The van der Waals surface area contributed by atoms with E-state index in [0.29, 0.717) is 22.8 Å². The number of amides is 2. The molecule has 0 radical (unpaired) electrons. The summed E-state index contributed by atoms with van der Waals surface area (Å²) < 4.78 is 5.28. The monoisotopic (exact) mass is 495 g/mol. The van der Waals surface area contributed by atoms with E-state index < -0.39 is 0 Å². The zero-order valence-electron chi connectivity index (χ0n) is 22.3. The van der Waals surface area contributed by atoms with Gasteiger partial charge in [0.2, 0.25) is 0 Å². The number of nitrogens with zero attached hydrogens (tertiary/aromatic N) is 1. The van der Waals surface area contributed by atoms with Gasteiger partial charge in [0.15, 0.2) is 0 Å². The van der Waals surface area contributed by atoms with E-state index in [1.807, 2.05) is 11.0 Å². The van der Waals surface area contributed by atoms with Crippen LogP contribution in [0.4, 0.5) is 4.79 Å². The van der Waals surface area contributed by atoms with Gasteiger partial charge in [0, 0.05) is 31.7 Å². The van der Waals surface area contributed by atoms with E-state index in [1.54, 1.807) is 12.3 Å². The van der Waals surface area contributed by atoms with E-state index in [0.717, 1.165) is 69.1 Å². The first kappa shape index (κ1) is 24.5. The smallest absolute Gasteiger partial charge is 0.335 e. The maximum absolute atomic E-state index is 13.0. The summed E-state index contributed by atoms with van der Waals surface area (Å²) in [6, 6.07) is 4.11. The average Bonchev–Trinajstić information content (AvgIpc) is 3.03. The van der Waals surface area contributed by atoms with Crippen LogP contribution in [0.2, 0.25) is 0 Å². The molecule has 8 atom stereocenters. The van der Waals surface area contributed by atoms with Crippen molar-refractivity contribution in [2.45, 2.75) is 90.0 Å². The van der Waals surface area contributed by atoms with Crippen LogP contribution in [0, 0.1) is 34.5 Å². The van der Waals surface area contributed by atoms with E-state index in [-0.39, 0.29) is 11.7 Å². The van der Waals surface area contributed by atoms with Crippen LogP contribution in [-0.2, 0) is 0 Å². The van der Waals surface area contributed by atoms with Crippen LogP contribution >= 0.6 is 0 Å². The number of nitrogens with one attached hydrogen (secondary N) is 2. The van der Waals surface area contributed by atoms with Crippen molar-refractivity contribution < 1.29 is 9.21 Å². The largest absolute Gasteiger partial charge is 0.431 e. The first-order valence-corrected chi connectivity index (χ1v) is 14.7. The van der Waals surface area contributed by atoms with Crippen molar-refractivity contribution in [1.29, 1.82) is 0 Å². The SMILES string of the molecule is CC12CCC(NC(=O)N3CCCNCC3)CC1CCC1C2CCC2(C)C(c3ccc(=O)oc3)CCC12. The molecule has 1 saturated heterocycles. The van der Waals surface area contributed by atoms with E-state index in [4.69, 9.17) is 4.42 Å². The van der Waals surface area contributed by atoms with Crippen LogP contribution in [0.3, 0.4) is 0 Å². The first-order valence-electron chi connectivity index (χ1n) is 14.7. The van der Waals surface area contributed by atoms with E-state index in [2.05, 4.69) is 24.5 Å². The predicted octanol–water partition coefficient (Wildman–Crippen LogP) is 5.14. The maximum Gasteiger partial charge on any atom is 0.335 e. The number of hydrogen-bond acceptors (Lipinski definition) is 4. The summed E-state index contributed by atoms with van der Waals surface area (Å²) in [5, 5.41) is 6.84. The van der Waals surface area contributed by atoms with Gasteiger partial charge in [-0.3, -0.25) is 0 Å². The highest BCUT2D eigenvalue weighted by Crippen LogP contribution is 2.68. The van der Waals surface area contributed by atoms with Crippen LogP contribution in [0.5, 0.6) is 0 Å². The lowest BCUT2D eigenvalue weighted by molar-refractivity contribution is -0.109. The zero-order valence-corrected chi connectivity index (χ0v) is 22.3. The Morgan fingerprint density at radius 1 is 1.00 bits per heavy atom. The lowest BCUT2D eigenvalue weighted by Crippen LogP contribution is -2.56. The molecule has 5 fully saturated rings. The molecular formula is C30H45N3O3. The number of carbonyl (C=O) groups excluding carboxylic acids is 1. The van der Waals surface area contributed by atoms with Gasteiger partial charge in [0.1, 0.15) is 0 Å². The number of hydrogen-bond donors (Lipinski definition) is 2. The van der Waals surface area contributed by atoms with Crippen LogP contribution in [-0.4, -0.2) is 43.2 Å². The molecule has 6 rings (SSSR count).